The van der Waals surface area contributed by atoms with E-state index < -0.39 is 0 Å². The molecule has 4 nitrogen and oxygen atoms in total. The molecule has 0 saturated heterocycles. The average Bonchev–Trinajstić information content (AvgIpc) is 2.84. The molecule has 0 radical (unpaired) electrons. The first-order valence-corrected chi connectivity index (χ1v) is 7.77. The highest BCUT2D eigenvalue weighted by Crippen LogP contribution is 2.36. The van der Waals surface area contributed by atoms with Crippen LogP contribution in [0.25, 0.3) is 16.0 Å². The zero-order valence-corrected chi connectivity index (χ0v) is 13.2. The molecule has 0 spiro atoms. The number of benzene rings is 1. The van der Waals surface area contributed by atoms with E-state index in [9.17, 15) is 9.90 Å². The molecule has 0 aliphatic rings. The number of H-pyrrole nitrogens is 1. The maximum atomic E-state index is 12.4. The van der Waals surface area contributed by atoms with E-state index in [-0.39, 0.29) is 23.1 Å². The minimum atomic E-state index is -0.239. The third kappa shape index (κ3) is 2.33. The maximum Gasteiger partial charge on any atom is 0.260 e. The van der Waals surface area contributed by atoms with Crippen molar-refractivity contribution in [3.8, 4) is 0 Å². The van der Waals surface area contributed by atoms with Crippen molar-refractivity contribution in [3.63, 3.8) is 0 Å². The molecule has 1 aromatic carbocycles. The zero-order valence-electron chi connectivity index (χ0n) is 12.4. The monoisotopic (exact) mass is 312 g/mol. The second kappa shape index (κ2) is 5.42. The highest BCUT2D eigenvalue weighted by molar-refractivity contribution is 7.18. The van der Waals surface area contributed by atoms with E-state index in [0.29, 0.717) is 10.2 Å². The molecular formula is C17H16N2O2S. The lowest BCUT2D eigenvalue weighted by Gasteiger charge is -2.12. The van der Waals surface area contributed by atoms with Crippen LogP contribution in [0, 0.1) is 6.92 Å². The van der Waals surface area contributed by atoms with Crippen LogP contribution in [0.5, 0.6) is 0 Å². The maximum absolute atomic E-state index is 12.4. The zero-order chi connectivity index (χ0) is 15.9. The van der Waals surface area contributed by atoms with E-state index in [2.05, 4.69) is 35.6 Å². The van der Waals surface area contributed by atoms with Gasteiger partial charge in [0.1, 0.15) is 4.83 Å². The van der Waals surface area contributed by atoms with Gasteiger partial charge >= 0.3 is 0 Å². The summed E-state index contributed by atoms with van der Waals surface area (Å²) in [4.78, 5) is 21.0. The lowest BCUT2D eigenvalue weighted by molar-refractivity contribution is 0.507. The molecule has 0 aliphatic heterocycles. The molecule has 3 aromatic rings. The molecule has 1 atom stereocenters. The Morgan fingerprint density at radius 1 is 1.36 bits per heavy atom. The van der Waals surface area contributed by atoms with Gasteiger partial charge < -0.3 is 10.1 Å². The summed E-state index contributed by atoms with van der Waals surface area (Å²) in [6.45, 7) is 7.49. The molecule has 0 aliphatic carbocycles. The standard InChI is InChI=1S/C17H16N2O2S/c1-9(12-7-5-4-6-8-12)13-11(3)22-17-14(13)16(21)18-15(19-17)10(2)20/h4-9,20H,2H2,1,3H3,(H,18,19,21). The fourth-order valence-corrected chi connectivity index (χ4v) is 3.83. The van der Waals surface area contributed by atoms with Gasteiger partial charge in [0, 0.05) is 10.8 Å². The first-order chi connectivity index (χ1) is 10.5. The normalized spacial score (nSPS) is 12.5. The number of nitrogens with zero attached hydrogens (tertiary/aromatic N) is 1. The quantitative estimate of drug-likeness (QED) is 0.719. The van der Waals surface area contributed by atoms with E-state index in [1.54, 1.807) is 0 Å². The number of aromatic amines is 1. The predicted octanol–water partition coefficient (Wildman–Crippen LogP) is 3.97. The summed E-state index contributed by atoms with van der Waals surface area (Å²) in [6, 6.07) is 10.1. The molecule has 0 bridgehead atoms. The summed E-state index contributed by atoms with van der Waals surface area (Å²) in [7, 11) is 0. The average molecular weight is 312 g/mol. The minimum absolute atomic E-state index is 0.0982. The number of thiophene rings is 1. The molecule has 0 fully saturated rings. The van der Waals surface area contributed by atoms with E-state index in [4.69, 9.17) is 0 Å². The van der Waals surface area contributed by atoms with Gasteiger partial charge in [-0.15, -0.1) is 11.3 Å². The summed E-state index contributed by atoms with van der Waals surface area (Å²) in [5.74, 6) is -0.0126. The molecule has 1 unspecified atom stereocenters. The van der Waals surface area contributed by atoms with Gasteiger partial charge in [-0.05, 0) is 18.1 Å². The van der Waals surface area contributed by atoms with Crippen molar-refractivity contribution in [2.24, 2.45) is 0 Å². The van der Waals surface area contributed by atoms with Crippen LogP contribution in [0.4, 0.5) is 0 Å². The number of fused-ring (bicyclic) bond motifs is 1. The van der Waals surface area contributed by atoms with Crippen molar-refractivity contribution in [1.82, 2.24) is 9.97 Å². The van der Waals surface area contributed by atoms with Crippen LogP contribution >= 0.6 is 11.3 Å². The van der Waals surface area contributed by atoms with Crippen molar-refractivity contribution >= 4 is 27.3 Å². The third-order valence-corrected chi connectivity index (χ3v) is 4.81. The fraction of sp³-hybridized carbons (Fsp3) is 0.176. The molecule has 112 valence electrons. The molecule has 22 heavy (non-hydrogen) atoms. The lowest BCUT2D eigenvalue weighted by atomic mass is 9.92. The Morgan fingerprint density at radius 3 is 2.68 bits per heavy atom. The van der Waals surface area contributed by atoms with Crippen molar-refractivity contribution in [1.29, 1.82) is 0 Å². The number of nitrogens with one attached hydrogen (secondary N) is 1. The first-order valence-electron chi connectivity index (χ1n) is 6.95. The molecule has 2 N–H and O–H groups in total. The number of aryl methyl sites for hydroxylation is 1. The molecule has 2 aromatic heterocycles. The summed E-state index contributed by atoms with van der Waals surface area (Å²) in [5, 5.41) is 10.0. The number of aliphatic hydroxyl groups is 1. The van der Waals surface area contributed by atoms with Gasteiger partial charge in [-0.1, -0.05) is 43.8 Å². The van der Waals surface area contributed by atoms with Crippen LogP contribution in [0.2, 0.25) is 0 Å². The van der Waals surface area contributed by atoms with Gasteiger partial charge in [0.25, 0.3) is 5.56 Å². The largest absolute Gasteiger partial charge is 0.505 e. The number of hydrogen-bond acceptors (Lipinski definition) is 4. The summed E-state index contributed by atoms with van der Waals surface area (Å²) in [6.07, 6.45) is 0. The SMILES string of the molecule is C=C(O)c1nc2sc(C)c(C(C)c3ccccc3)c2c(=O)[nH]1. The highest BCUT2D eigenvalue weighted by atomic mass is 32.1. The summed E-state index contributed by atoms with van der Waals surface area (Å²) in [5.41, 5.74) is 1.91. The van der Waals surface area contributed by atoms with Crippen LogP contribution in [0.15, 0.2) is 41.7 Å². The van der Waals surface area contributed by atoms with Crippen LogP contribution in [-0.2, 0) is 0 Å². The highest BCUT2D eigenvalue weighted by Gasteiger charge is 2.21. The topological polar surface area (TPSA) is 66.0 Å². The number of aromatic nitrogens is 2. The van der Waals surface area contributed by atoms with E-state index in [0.717, 1.165) is 16.0 Å². The Bertz CT molecular complexity index is 910. The Balaban J connectivity index is 2.25. The van der Waals surface area contributed by atoms with Crippen molar-refractivity contribution in [2.45, 2.75) is 19.8 Å². The molecule has 0 amide bonds. The van der Waals surface area contributed by atoms with Crippen LogP contribution in [0.1, 0.15) is 34.7 Å². The van der Waals surface area contributed by atoms with Crippen molar-refractivity contribution in [3.05, 3.63) is 69.1 Å². The molecule has 3 rings (SSSR count). The van der Waals surface area contributed by atoms with Gasteiger partial charge in [0.15, 0.2) is 11.6 Å². The van der Waals surface area contributed by atoms with E-state index >= 15 is 0 Å². The van der Waals surface area contributed by atoms with Crippen LogP contribution in [-0.4, -0.2) is 15.1 Å². The Kier molecular flexibility index (Phi) is 3.58. The molecule has 2 heterocycles. The van der Waals surface area contributed by atoms with Crippen LogP contribution < -0.4 is 5.56 Å². The third-order valence-electron chi connectivity index (χ3n) is 3.79. The molecule has 0 saturated carbocycles. The summed E-state index contributed by atoms with van der Waals surface area (Å²) < 4.78 is 0. The fourth-order valence-electron chi connectivity index (χ4n) is 2.71. The van der Waals surface area contributed by atoms with E-state index in [1.165, 1.54) is 11.3 Å². The molecule has 5 heteroatoms. The Hall–Kier alpha value is -2.40. The number of aliphatic hydroxyl groups excluding tert-OH is 1. The van der Waals surface area contributed by atoms with Gasteiger partial charge in [0.05, 0.1) is 5.39 Å². The van der Waals surface area contributed by atoms with Crippen molar-refractivity contribution < 1.29 is 5.11 Å². The Morgan fingerprint density at radius 2 is 2.05 bits per heavy atom. The predicted molar refractivity (Wildman–Crippen MR) is 90.6 cm³/mol. The van der Waals surface area contributed by atoms with Gasteiger partial charge in [-0.2, -0.15) is 0 Å². The van der Waals surface area contributed by atoms with Crippen molar-refractivity contribution in [2.75, 3.05) is 0 Å². The second-order valence-electron chi connectivity index (χ2n) is 5.25. The molecular weight excluding hydrogens is 296 g/mol. The second-order valence-corrected chi connectivity index (χ2v) is 6.45. The first kappa shape index (κ1) is 14.5. The smallest absolute Gasteiger partial charge is 0.260 e. The lowest BCUT2D eigenvalue weighted by Crippen LogP contribution is -2.12. The number of rotatable bonds is 3. The van der Waals surface area contributed by atoms with Crippen LogP contribution in [0.3, 0.4) is 0 Å². The minimum Gasteiger partial charge on any atom is -0.505 e. The summed E-state index contributed by atoms with van der Waals surface area (Å²) >= 11 is 1.46. The van der Waals surface area contributed by atoms with Gasteiger partial charge in [-0.25, -0.2) is 4.98 Å². The number of hydrogen-bond donors (Lipinski definition) is 2. The Labute approximate surface area is 131 Å². The van der Waals surface area contributed by atoms with Gasteiger partial charge in [-0.3, -0.25) is 4.79 Å². The van der Waals surface area contributed by atoms with E-state index in [1.807, 2.05) is 25.1 Å². The van der Waals surface area contributed by atoms with Gasteiger partial charge in [0.2, 0.25) is 0 Å².